The van der Waals surface area contributed by atoms with Crippen LogP contribution in [0.5, 0.6) is 5.75 Å². The van der Waals surface area contributed by atoms with Gasteiger partial charge in [-0.1, -0.05) is 0 Å². The Labute approximate surface area is 138 Å². The highest BCUT2D eigenvalue weighted by Gasteiger charge is 2.18. The number of aliphatic carboxylic acids is 1. The molecule has 1 heterocycles. The Bertz CT molecular complexity index is 694. The molecule has 0 bridgehead atoms. The number of benzene rings is 1. The molecule has 122 valence electrons. The minimum absolute atomic E-state index is 0.106. The predicted octanol–water partition coefficient (Wildman–Crippen LogP) is 2.75. The Morgan fingerprint density at radius 3 is 2.52 bits per heavy atom. The molecular weight excluding hydrogens is 316 g/mol. The Hall–Kier alpha value is -2.41. The summed E-state index contributed by atoms with van der Waals surface area (Å²) in [6.07, 6.45) is 0.106. The van der Waals surface area contributed by atoms with Crippen LogP contribution in [0.4, 0.5) is 0 Å². The van der Waals surface area contributed by atoms with Crippen molar-refractivity contribution < 1.29 is 19.4 Å². The van der Waals surface area contributed by atoms with Gasteiger partial charge in [-0.15, -0.1) is 11.3 Å². The first kappa shape index (κ1) is 17.0. The fourth-order valence-electron chi connectivity index (χ4n) is 1.92. The van der Waals surface area contributed by atoms with Gasteiger partial charge >= 0.3 is 5.97 Å². The van der Waals surface area contributed by atoms with Crippen molar-refractivity contribution in [2.45, 2.75) is 20.0 Å². The summed E-state index contributed by atoms with van der Waals surface area (Å²) in [5.74, 6) is -0.690. The molecule has 6 nitrogen and oxygen atoms in total. The van der Waals surface area contributed by atoms with E-state index in [2.05, 4.69) is 4.98 Å². The number of nitrogens with zero attached hydrogens (tertiary/aromatic N) is 2. The van der Waals surface area contributed by atoms with Crippen LogP contribution in [0.2, 0.25) is 0 Å². The zero-order valence-electron chi connectivity index (χ0n) is 13.1. The van der Waals surface area contributed by atoms with Crippen LogP contribution >= 0.6 is 11.3 Å². The molecule has 0 saturated carbocycles. The number of hydrogen-bond donors (Lipinski definition) is 1. The highest BCUT2D eigenvalue weighted by molar-refractivity contribution is 7.13. The molecule has 7 heteroatoms. The standard InChI is InChI=1S/C16H18N2O4S/c1-10(2)22-12-6-4-11(5-7-12)15-17-13(9-23-15)16(21)18(3)8-14(19)20/h4-7,9-10H,8H2,1-3H3,(H,19,20). The van der Waals surface area contributed by atoms with Crippen molar-refractivity contribution in [2.75, 3.05) is 13.6 Å². The minimum Gasteiger partial charge on any atom is -0.491 e. The molecule has 0 spiro atoms. The van der Waals surface area contributed by atoms with Gasteiger partial charge in [-0.25, -0.2) is 4.98 Å². The van der Waals surface area contributed by atoms with Gasteiger partial charge in [0.25, 0.3) is 5.91 Å². The maximum atomic E-state index is 12.1. The molecule has 1 N–H and O–H groups in total. The van der Waals surface area contributed by atoms with E-state index in [-0.39, 0.29) is 18.3 Å². The number of rotatable bonds is 6. The fourth-order valence-corrected chi connectivity index (χ4v) is 2.72. The number of carboxylic acid groups (broad SMARTS) is 1. The molecule has 0 unspecified atom stereocenters. The first-order valence-electron chi connectivity index (χ1n) is 7.06. The maximum Gasteiger partial charge on any atom is 0.323 e. The quantitative estimate of drug-likeness (QED) is 0.878. The number of likely N-dealkylation sites (N-methyl/N-ethyl adjacent to an activating group) is 1. The molecule has 2 rings (SSSR count). The van der Waals surface area contributed by atoms with E-state index in [1.165, 1.54) is 18.4 Å². The summed E-state index contributed by atoms with van der Waals surface area (Å²) >= 11 is 1.34. The molecule has 1 aromatic heterocycles. The molecule has 1 amide bonds. The summed E-state index contributed by atoms with van der Waals surface area (Å²) in [6, 6.07) is 7.47. The summed E-state index contributed by atoms with van der Waals surface area (Å²) < 4.78 is 5.58. The predicted molar refractivity (Wildman–Crippen MR) is 87.9 cm³/mol. The SMILES string of the molecule is CC(C)Oc1ccc(-c2nc(C(=O)N(C)CC(=O)O)cs2)cc1. The number of thiazole rings is 1. The van der Waals surface area contributed by atoms with Crippen LogP contribution in [-0.2, 0) is 4.79 Å². The molecular formula is C16H18N2O4S. The van der Waals surface area contributed by atoms with Crippen molar-refractivity contribution in [3.63, 3.8) is 0 Å². The van der Waals surface area contributed by atoms with Crippen LogP contribution in [0.15, 0.2) is 29.6 Å². The fraction of sp³-hybridized carbons (Fsp3) is 0.312. The summed E-state index contributed by atoms with van der Waals surface area (Å²) in [4.78, 5) is 28.2. The van der Waals surface area contributed by atoms with Gasteiger partial charge in [0.15, 0.2) is 0 Å². The highest BCUT2D eigenvalue weighted by Crippen LogP contribution is 2.26. The van der Waals surface area contributed by atoms with Gasteiger partial charge < -0.3 is 14.7 Å². The zero-order chi connectivity index (χ0) is 17.0. The number of hydrogen-bond acceptors (Lipinski definition) is 5. The van der Waals surface area contributed by atoms with E-state index in [0.717, 1.165) is 16.2 Å². The first-order valence-corrected chi connectivity index (χ1v) is 7.94. The summed E-state index contributed by atoms with van der Waals surface area (Å²) in [7, 11) is 1.44. The first-order chi connectivity index (χ1) is 10.9. The Morgan fingerprint density at radius 1 is 1.30 bits per heavy atom. The number of aromatic nitrogens is 1. The average Bonchev–Trinajstić information content (AvgIpc) is 2.95. The lowest BCUT2D eigenvalue weighted by molar-refractivity contribution is -0.137. The normalized spacial score (nSPS) is 10.6. The Balaban J connectivity index is 2.12. The second kappa shape index (κ2) is 7.23. The van der Waals surface area contributed by atoms with Crippen LogP contribution in [0.1, 0.15) is 24.3 Å². The topological polar surface area (TPSA) is 79.7 Å². The Kier molecular flexibility index (Phi) is 5.33. The van der Waals surface area contributed by atoms with Gasteiger partial charge in [0, 0.05) is 18.0 Å². The molecule has 0 saturated heterocycles. The second-order valence-corrected chi connectivity index (χ2v) is 6.14. The Morgan fingerprint density at radius 2 is 1.96 bits per heavy atom. The van der Waals surface area contributed by atoms with Crippen molar-refractivity contribution >= 4 is 23.2 Å². The largest absolute Gasteiger partial charge is 0.491 e. The van der Waals surface area contributed by atoms with Gasteiger partial charge in [0.05, 0.1) is 6.10 Å². The van der Waals surface area contributed by atoms with Crippen molar-refractivity contribution in [1.29, 1.82) is 0 Å². The highest BCUT2D eigenvalue weighted by atomic mass is 32.1. The van der Waals surface area contributed by atoms with Crippen LogP contribution in [-0.4, -0.2) is 46.6 Å². The molecule has 0 fully saturated rings. The van der Waals surface area contributed by atoms with E-state index in [4.69, 9.17) is 9.84 Å². The van der Waals surface area contributed by atoms with E-state index in [9.17, 15) is 9.59 Å². The zero-order valence-corrected chi connectivity index (χ0v) is 14.0. The van der Waals surface area contributed by atoms with Gasteiger partial charge in [-0.3, -0.25) is 9.59 Å². The van der Waals surface area contributed by atoms with Gasteiger partial charge in [-0.05, 0) is 38.1 Å². The van der Waals surface area contributed by atoms with E-state index in [1.807, 2.05) is 38.1 Å². The molecule has 0 aliphatic heterocycles. The molecule has 0 aliphatic carbocycles. The third-order valence-corrected chi connectivity index (χ3v) is 3.81. The summed E-state index contributed by atoms with van der Waals surface area (Å²) in [5, 5.41) is 11.1. The maximum absolute atomic E-state index is 12.1. The molecule has 1 aromatic carbocycles. The molecule has 0 aliphatic rings. The van der Waals surface area contributed by atoms with Crippen molar-refractivity contribution in [3.05, 3.63) is 35.3 Å². The second-order valence-electron chi connectivity index (χ2n) is 5.28. The van der Waals surface area contributed by atoms with Crippen LogP contribution in [0.3, 0.4) is 0 Å². The van der Waals surface area contributed by atoms with E-state index < -0.39 is 11.9 Å². The third kappa shape index (κ3) is 4.53. The van der Waals surface area contributed by atoms with Crippen molar-refractivity contribution in [3.8, 4) is 16.3 Å². The molecule has 23 heavy (non-hydrogen) atoms. The molecule has 0 radical (unpaired) electrons. The lowest BCUT2D eigenvalue weighted by Crippen LogP contribution is -2.32. The number of ether oxygens (including phenoxy) is 1. The third-order valence-electron chi connectivity index (χ3n) is 2.92. The lowest BCUT2D eigenvalue weighted by Gasteiger charge is -2.12. The summed E-state index contributed by atoms with van der Waals surface area (Å²) in [6.45, 7) is 3.56. The van der Waals surface area contributed by atoms with Crippen LogP contribution < -0.4 is 4.74 Å². The molecule has 2 aromatic rings. The lowest BCUT2D eigenvalue weighted by atomic mass is 10.2. The van der Waals surface area contributed by atoms with Crippen LogP contribution in [0, 0.1) is 0 Å². The number of amides is 1. The number of carboxylic acids is 1. The smallest absolute Gasteiger partial charge is 0.323 e. The van der Waals surface area contributed by atoms with E-state index in [1.54, 1.807) is 5.38 Å². The minimum atomic E-state index is -1.06. The van der Waals surface area contributed by atoms with Gasteiger partial charge in [0.1, 0.15) is 23.0 Å². The van der Waals surface area contributed by atoms with Crippen molar-refractivity contribution in [2.24, 2.45) is 0 Å². The average molecular weight is 334 g/mol. The van der Waals surface area contributed by atoms with Crippen LogP contribution in [0.25, 0.3) is 10.6 Å². The van der Waals surface area contributed by atoms with E-state index >= 15 is 0 Å². The number of carbonyl (C=O) groups excluding carboxylic acids is 1. The van der Waals surface area contributed by atoms with E-state index in [0.29, 0.717) is 5.01 Å². The van der Waals surface area contributed by atoms with Gasteiger partial charge in [-0.2, -0.15) is 0 Å². The number of carbonyl (C=O) groups is 2. The summed E-state index contributed by atoms with van der Waals surface area (Å²) in [5.41, 5.74) is 1.13. The monoisotopic (exact) mass is 334 g/mol. The van der Waals surface area contributed by atoms with Gasteiger partial charge in [0.2, 0.25) is 0 Å². The van der Waals surface area contributed by atoms with Crippen molar-refractivity contribution in [1.82, 2.24) is 9.88 Å². The molecule has 0 atom stereocenters.